The molecule has 2 atom stereocenters. The van der Waals surface area contributed by atoms with E-state index in [0.29, 0.717) is 44.8 Å². The number of carbonyl (C=O) groups is 1. The molecule has 3 aromatic rings. The van der Waals surface area contributed by atoms with Crippen molar-refractivity contribution < 1.29 is 4.79 Å². The molecule has 0 bridgehead atoms. The van der Waals surface area contributed by atoms with Crippen LogP contribution in [0.1, 0.15) is 68.4 Å². The molecule has 2 aromatic carbocycles. The minimum Gasteiger partial charge on any atom is -0.351 e. The maximum Gasteiger partial charge on any atom is 0.272 e. The van der Waals surface area contributed by atoms with Gasteiger partial charge in [0, 0.05) is 27.7 Å². The number of benzene rings is 2. The summed E-state index contributed by atoms with van der Waals surface area (Å²) in [6, 6.07) is 12.7. The first kappa shape index (κ1) is 29.3. The van der Waals surface area contributed by atoms with Crippen LogP contribution in [0.15, 0.2) is 55.1 Å². The summed E-state index contributed by atoms with van der Waals surface area (Å²) in [5, 5.41) is 9.36. The number of nitrogens with one attached hydrogen (secondary N) is 1. The van der Waals surface area contributed by atoms with Gasteiger partial charge in [0.2, 0.25) is 0 Å². The zero-order valence-electron chi connectivity index (χ0n) is 21.9. The lowest BCUT2D eigenvalue weighted by Crippen LogP contribution is -2.25. The Balaban J connectivity index is 1.70. The summed E-state index contributed by atoms with van der Waals surface area (Å²) in [5.74, 6) is 1.21. The van der Waals surface area contributed by atoms with E-state index in [0.717, 1.165) is 42.5 Å². The number of halogens is 3. The molecule has 0 aliphatic heterocycles. The van der Waals surface area contributed by atoms with Gasteiger partial charge in [-0.2, -0.15) is 5.10 Å². The van der Waals surface area contributed by atoms with E-state index in [9.17, 15) is 4.79 Å². The SMILES string of the molecule is C=CCC(CC)C(C)CCCCCNC(=O)c1nn(-c2ccc(Cl)cc2Cl)c(-c2ccc(Cl)cc2)c1C. The monoisotopic (exact) mass is 559 g/mol. The highest BCUT2D eigenvalue weighted by Gasteiger charge is 2.23. The second kappa shape index (κ2) is 14.0. The van der Waals surface area contributed by atoms with Gasteiger partial charge in [0.05, 0.1) is 16.4 Å². The van der Waals surface area contributed by atoms with Gasteiger partial charge in [-0.05, 0) is 61.9 Å². The normalized spacial score (nSPS) is 12.8. The number of allylic oxidation sites excluding steroid dienone is 1. The Morgan fingerprint density at radius 2 is 1.78 bits per heavy atom. The summed E-state index contributed by atoms with van der Waals surface area (Å²) in [5.41, 5.74) is 3.46. The zero-order valence-corrected chi connectivity index (χ0v) is 24.1. The Morgan fingerprint density at radius 3 is 2.43 bits per heavy atom. The number of rotatable bonds is 13. The Morgan fingerprint density at radius 1 is 1.08 bits per heavy atom. The lowest BCUT2D eigenvalue weighted by Gasteiger charge is -2.21. The molecular weight excluding hydrogens is 525 g/mol. The Labute approximate surface area is 236 Å². The third kappa shape index (κ3) is 7.63. The summed E-state index contributed by atoms with van der Waals surface area (Å²) in [4.78, 5) is 13.2. The second-order valence-corrected chi connectivity index (χ2v) is 10.9. The fourth-order valence-corrected chi connectivity index (χ4v) is 5.41. The highest BCUT2D eigenvalue weighted by atomic mass is 35.5. The third-order valence-corrected chi connectivity index (χ3v) is 7.80. The van der Waals surface area contributed by atoms with Crippen molar-refractivity contribution in [3.8, 4) is 16.9 Å². The summed E-state index contributed by atoms with van der Waals surface area (Å²) >= 11 is 18.7. The van der Waals surface area contributed by atoms with Crippen molar-refractivity contribution in [3.05, 3.63) is 81.4 Å². The molecule has 198 valence electrons. The molecule has 1 aromatic heterocycles. The highest BCUT2D eigenvalue weighted by molar-refractivity contribution is 6.35. The van der Waals surface area contributed by atoms with E-state index in [2.05, 4.69) is 30.8 Å². The van der Waals surface area contributed by atoms with Crippen molar-refractivity contribution in [2.24, 2.45) is 11.8 Å². The quantitative estimate of drug-likeness (QED) is 0.167. The first-order chi connectivity index (χ1) is 17.8. The van der Waals surface area contributed by atoms with E-state index in [1.54, 1.807) is 22.9 Å². The van der Waals surface area contributed by atoms with Crippen molar-refractivity contribution in [3.63, 3.8) is 0 Å². The highest BCUT2D eigenvalue weighted by Crippen LogP contribution is 2.33. The van der Waals surface area contributed by atoms with Crippen LogP contribution in [0.4, 0.5) is 0 Å². The molecule has 0 saturated heterocycles. The number of hydrogen-bond donors (Lipinski definition) is 1. The van der Waals surface area contributed by atoms with Crippen LogP contribution >= 0.6 is 34.8 Å². The predicted molar refractivity (Wildman–Crippen MR) is 157 cm³/mol. The molecule has 0 radical (unpaired) electrons. The van der Waals surface area contributed by atoms with Crippen LogP contribution in [0.25, 0.3) is 16.9 Å². The average molecular weight is 561 g/mol. The van der Waals surface area contributed by atoms with Crippen molar-refractivity contribution in [1.82, 2.24) is 15.1 Å². The van der Waals surface area contributed by atoms with Crippen molar-refractivity contribution in [2.45, 2.75) is 59.3 Å². The summed E-state index contributed by atoms with van der Waals surface area (Å²) in [6.07, 6.45) is 8.68. The largest absolute Gasteiger partial charge is 0.351 e. The number of unbranched alkanes of at least 4 members (excludes halogenated alkanes) is 2. The molecule has 3 rings (SSSR count). The predicted octanol–water partition coefficient (Wildman–Crippen LogP) is 9.34. The minimum atomic E-state index is -0.193. The zero-order chi connectivity index (χ0) is 26.9. The van der Waals surface area contributed by atoms with E-state index < -0.39 is 0 Å². The van der Waals surface area contributed by atoms with Crippen molar-refractivity contribution >= 4 is 40.7 Å². The maximum absolute atomic E-state index is 13.2. The molecule has 0 aliphatic rings. The standard InChI is InChI=1S/C30H36Cl3N3O/c1-5-10-22(6-2)20(3)11-8-7-9-18-34-30(37)28-21(4)29(23-12-14-24(31)15-13-23)36(35-28)27-17-16-25(32)19-26(27)33/h5,12-17,19-20,22H,1,6-11,18H2,2-4H3,(H,34,37). The molecule has 0 aliphatic carbocycles. The van der Waals surface area contributed by atoms with Crippen LogP contribution in [-0.2, 0) is 0 Å². The first-order valence-electron chi connectivity index (χ1n) is 13.0. The lowest BCUT2D eigenvalue weighted by molar-refractivity contribution is 0.0947. The van der Waals surface area contributed by atoms with Gasteiger partial charge in [-0.3, -0.25) is 4.79 Å². The van der Waals surface area contributed by atoms with Crippen LogP contribution in [0.5, 0.6) is 0 Å². The van der Waals surface area contributed by atoms with E-state index in [4.69, 9.17) is 34.8 Å². The van der Waals surface area contributed by atoms with Gasteiger partial charge in [0.25, 0.3) is 5.91 Å². The summed E-state index contributed by atoms with van der Waals surface area (Å²) in [6.45, 7) is 11.0. The topological polar surface area (TPSA) is 46.9 Å². The van der Waals surface area contributed by atoms with E-state index in [1.807, 2.05) is 37.3 Å². The third-order valence-electron chi connectivity index (χ3n) is 7.01. The molecule has 0 fully saturated rings. The molecule has 2 unspecified atom stereocenters. The smallest absolute Gasteiger partial charge is 0.272 e. The minimum absolute atomic E-state index is 0.193. The number of hydrogen-bond acceptors (Lipinski definition) is 2. The Bertz CT molecular complexity index is 1200. The molecule has 1 amide bonds. The van der Waals surface area contributed by atoms with E-state index in [-0.39, 0.29) is 5.91 Å². The van der Waals surface area contributed by atoms with Gasteiger partial charge in [0.1, 0.15) is 0 Å². The molecule has 0 spiro atoms. The molecule has 37 heavy (non-hydrogen) atoms. The van der Waals surface area contributed by atoms with Gasteiger partial charge in [-0.25, -0.2) is 4.68 Å². The van der Waals surface area contributed by atoms with Crippen molar-refractivity contribution in [2.75, 3.05) is 6.54 Å². The van der Waals surface area contributed by atoms with Gasteiger partial charge >= 0.3 is 0 Å². The van der Waals surface area contributed by atoms with Crippen molar-refractivity contribution in [1.29, 1.82) is 0 Å². The molecule has 7 heteroatoms. The molecule has 4 nitrogen and oxygen atoms in total. The summed E-state index contributed by atoms with van der Waals surface area (Å²) in [7, 11) is 0. The Kier molecular flexibility index (Phi) is 11.1. The van der Waals surface area contributed by atoms with E-state index in [1.165, 1.54) is 12.8 Å². The number of nitrogens with zero attached hydrogens (tertiary/aromatic N) is 2. The van der Waals surface area contributed by atoms with Gasteiger partial charge in [-0.1, -0.05) is 92.5 Å². The van der Waals surface area contributed by atoms with E-state index >= 15 is 0 Å². The van der Waals surface area contributed by atoms with Crippen LogP contribution in [0.2, 0.25) is 15.1 Å². The fourth-order valence-electron chi connectivity index (χ4n) is 4.79. The number of carbonyl (C=O) groups excluding carboxylic acids is 1. The van der Waals surface area contributed by atoms with Crippen LogP contribution in [0.3, 0.4) is 0 Å². The molecule has 1 heterocycles. The lowest BCUT2D eigenvalue weighted by atomic mass is 9.85. The molecule has 1 N–H and O–H groups in total. The number of amides is 1. The van der Waals surface area contributed by atoms with Gasteiger partial charge < -0.3 is 5.32 Å². The number of aromatic nitrogens is 2. The summed E-state index contributed by atoms with van der Waals surface area (Å²) < 4.78 is 1.71. The van der Waals surface area contributed by atoms with Crippen LogP contribution in [-0.4, -0.2) is 22.2 Å². The fraction of sp³-hybridized carbons (Fsp3) is 0.400. The average Bonchev–Trinajstić information content (AvgIpc) is 3.21. The van der Waals surface area contributed by atoms with Crippen LogP contribution in [0, 0.1) is 18.8 Å². The van der Waals surface area contributed by atoms with Gasteiger partial charge in [0.15, 0.2) is 5.69 Å². The Hall–Kier alpha value is -2.27. The first-order valence-corrected chi connectivity index (χ1v) is 14.1. The second-order valence-electron chi connectivity index (χ2n) is 9.61. The van der Waals surface area contributed by atoms with Crippen LogP contribution < -0.4 is 5.32 Å². The molecule has 0 saturated carbocycles. The van der Waals surface area contributed by atoms with Gasteiger partial charge in [-0.15, -0.1) is 6.58 Å². The molecular formula is C30H36Cl3N3O. The maximum atomic E-state index is 13.2.